The van der Waals surface area contributed by atoms with E-state index in [-0.39, 0.29) is 18.0 Å². The van der Waals surface area contributed by atoms with E-state index in [9.17, 15) is 9.59 Å². The van der Waals surface area contributed by atoms with Gasteiger partial charge in [-0.05, 0) is 12.1 Å². The van der Waals surface area contributed by atoms with Gasteiger partial charge in [0.05, 0.1) is 6.20 Å². The fraction of sp³-hybridized carbons (Fsp3) is 0.250. The van der Waals surface area contributed by atoms with Crippen molar-refractivity contribution < 1.29 is 4.79 Å². The molecule has 0 fully saturated rings. The van der Waals surface area contributed by atoms with E-state index in [0.29, 0.717) is 24.0 Å². The molecule has 0 bridgehead atoms. The maximum atomic E-state index is 12.4. The van der Waals surface area contributed by atoms with Crippen LogP contribution in [0.2, 0.25) is 0 Å². The number of pyridine rings is 1. The minimum absolute atomic E-state index is 0.1000. The summed E-state index contributed by atoms with van der Waals surface area (Å²) in [5.41, 5.74) is 0.961. The van der Waals surface area contributed by atoms with Crippen molar-refractivity contribution in [1.29, 1.82) is 0 Å². The van der Waals surface area contributed by atoms with Crippen molar-refractivity contribution in [2.75, 3.05) is 6.54 Å². The number of amides is 1. The summed E-state index contributed by atoms with van der Waals surface area (Å²) in [6, 6.07) is 5.65. The highest BCUT2D eigenvalue weighted by atomic mass is 16.2. The largest absolute Gasteiger partial charge is 0.354 e. The third-order valence-electron chi connectivity index (χ3n) is 4.09. The van der Waals surface area contributed by atoms with Crippen molar-refractivity contribution in [3.05, 3.63) is 53.1 Å². The van der Waals surface area contributed by atoms with Crippen LogP contribution in [-0.2, 0) is 24.8 Å². The Balaban J connectivity index is 1.40. The quantitative estimate of drug-likeness (QED) is 0.520. The van der Waals surface area contributed by atoms with E-state index in [1.54, 1.807) is 7.05 Å². The molecule has 0 saturated carbocycles. The molecule has 0 aromatic carbocycles. The molecule has 4 aromatic heterocycles. The van der Waals surface area contributed by atoms with Crippen LogP contribution in [0.4, 0.5) is 0 Å². The summed E-state index contributed by atoms with van der Waals surface area (Å²) < 4.78 is 4.66. The summed E-state index contributed by atoms with van der Waals surface area (Å²) >= 11 is 0. The number of carbonyl (C=O) groups is 1. The molecule has 0 unspecified atom stereocenters. The van der Waals surface area contributed by atoms with Crippen molar-refractivity contribution >= 4 is 22.6 Å². The van der Waals surface area contributed by atoms with E-state index < -0.39 is 0 Å². The molecule has 0 aliphatic carbocycles. The smallest absolute Gasteiger partial charge is 0.264 e. The molecule has 26 heavy (non-hydrogen) atoms. The van der Waals surface area contributed by atoms with E-state index in [1.165, 1.54) is 21.8 Å². The number of aryl methyl sites for hydroxylation is 1. The number of aromatic nitrogens is 7. The van der Waals surface area contributed by atoms with Gasteiger partial charge in [0.15, 0.2) is 11.3 Å². The molecule has 0 radical (unpaired) electrons. The van der Waals surface area contributed by atoms with Crippen LogP contribution in [0.1, 0.15) is 5.82 Å². The average molecular weight is 352 g/mol. The lowest BCUT2D eigenvalue weighted by molar-refractivity contribution is -0.121. The molecule has 0 spiro atoms. The predicted molar refractivity (Wildman–Crippen MR) is 92.5 cm³/mol. The number of hydrogen-bond acceptors (Lipinski definition) is 6. The zero-order valence-corrected chi connectivity index (χ0v) is 14.0. The third-order valence-corrected chi connectivity index (χ3v) is 4.09. The minimum atomic E-state index is -0.290. The Bertz CT molecular complexity index is 1160. The Hall–Kier alpha value is -3.56. The standard InChI is InChI=1S/C16H16N8O2/c1-22-15-11(8-19-22)16(26)23(10-18-15)9-14(25)17-6-5-13-21-20-12-4-2-3-7-24(12)13/h2-4,7-8,10H,5-6,9H2,1H3,(H,17,25). The molecule has 1 N–H and O–H groups in total. The second-order valence-electron chi connectivity index (χ2n) is 5.83. The Morgan fingerprint density at radius 2 is 2.15 bits per heavy atom. The van der Waals surface area contributed by atoms with E-state index in [2.05, 4.69) is 25.6 Å². The van der Waals surface area contributed by atoms with Crippen molar-refractivity contribution in [2.24, 2.45) is 7.05 Å². The van der Waals surface area contributed by atoms with E-state index >= 15 is 0 Å². The molecule has 10 heteroatoms. The summed E-state index contributed by atoms with van der Waals surface area (Å²) in [5, 5.41) is 15.4. The van der Waals surface area contributed by atoms with Crippen LogP contribution < -0.4 is 10.9 Å². The molecule has 10 nitrogen and oxygen atoms in total. The first-order valence-corrected chi connectivity index (χ1v) is 8.06. The fourth-order valence-electron chi connectivity index (χ4n) is 2.76. The third kappa shape index (κ3) is 2.81. The van der Waals surface area contributed by atoms with E-state index in [0.717, 1.165) is 11.5 Å². The summed E-state index contributed by atoms with van der Waals surface area (Å²) in [5.74, 6) is 0.488. The number of nitrogens with zero attached hydrogens (tertiary/aromatic N) is 7. The molecule has 0 atom stereocenters. The molecule has 0 aliphatic rings. The average Bonchev–Trinajstić information content (AvgIpc) is 3.22. The normalized spacial score (nSPS) is 11.3. The summed E-state index contributed by atoms with van der Waals surface area (Å²) in [6.45, 7) is 0.295. The number of carbonyl (C=O) groups excluding carboxylic acids is 1. The first-order chi connectivity index (χ1) is 12.6. The van der Waals surface area contributed by atoms with Crippen LogP contribution in [0.3, 0.4) is 0 Å². The lowest BCUT2D eigenvalue weighted by atomic mass is 10.3. The molecule has 0 aliphatic heterocycles. The van der Waals surface area contributed by atoms with Crippen LogP contribution in [0.15, 0.2) is 41.7 Å². The summed E-state index contributed by atoms with van der Waals surface area (Å²) in [4.78, 5) is 28.7. The SMILES string of the molecule is Cn1ncc2c(=O)n(CC(=O)NCCc3nnc4ccccn34)cnc21. The Kier molecular flexibility index (Phi) is 3.92. The van der Waals surface area contributed by atoms with Gasteiger partial charge in [-0.15, -0.1) is 10.2 Å². The summed E-state index contributed by atoms with van der Waals surface area (Å²) in [6.07, 6.45) is 5.22. The lowest BCUT2D eigenvalue weighted by Gasteiger charge is -2.07. The zero-order valence-electron chi connectivity index (χ0n) is 14.0. The van der Waals surface area contributed by atoms with Crippen LogP contribution >= 0.6 is 0 Å². The Morgan fingerprint density at radius 3 is 3.04 bits per heavy atom. The minimum Gasteiger partial charge on any atom is -0.354 e. The molecule has 4 rings (SSSR count). The fourth-order valence-corrected chi connectivity index (χ4v) is 2.76. The predicted octanol–water partition coefficient (Wildman–Crippen LogP) is -0.468. The van der Waals surface area contributed by atoms with Crippen molar-refractivity contribution in [1.82, 2.24) is 39.2 Å². The highest BCUT2D eigenvalue weighted by Crippen LogP contribution is 2.04. The number of rotatable bonds is 5. The molecule has 4 heterocycles. The van der Waals surface area contributed by atoms with Gasteiger partial charge in [-0.2, -0.15) is 5.10 Å². The van der Waals surface area contributed by atoms with Gasteiger partial charge in [0, 0.05) is 26.2 Å². The lowest BCUT2D eigenvalue weighted by Crippen LogP contribution is -2.33. The highest BCUT2D eigenvalue weighted by molar-refractivity contribution is 5.77. The maximum Gasteiger partial charge on any atom is 0.264 e. The van der Waals surface area contributed by atoms with Gasteiger partial charge < -0.3 is 5.32 Å². The van der Waals surface area contributed by atoms with Crippen LogP contribution in [0, 0.1) is 0 Å². The first kappa shape index (κ1) is 15.9. The van der Waals surface area contributed by atoms with Gasteiger partial charge in [0.1, 0.15) is 24.1 Å². The van der Waals surface area contributed by atoms with Gasteiger partial charge in [-0.3, -0.25) is 23.2 Å². The van der Waals surface area contributed by atoms with Gasteiger partial charge in [0.2, 0.25) is 5.91 Å². The van der Waals surface area contributed by atoms with Crippen molar-refractivity contribution in [3.63, 3.8) is 0 Å². The van der Waals surface area contributed by atoms with Gasteiger partial charge >= 0.3 is 0 Å². The van der Waals surface area contributed by atoms with Crippen LogP contribution in [-0.4, -0.2) is 46.4 Å². The molecular weight excluding hydrogens is 336 g/mol. The number of fused-ring (bicyclic) bond motifs is 2. The topological polar surface area (TPSA) is 112 Å². The van der Waals surface area contributed by atoms with Gasteiger partial charge in [0.25, 0.3) is 5.56 Å². The van der Waals surface area contributed by atoms with E-state index in [1.807, 2.05) is 28.8 Å². The second kappa shape index (κ2) is 6.39. The van der Waals surface area contributed by atoms with Gasteiger partial charge in [-0.25, -0.2) is 4.98 Å². The molecule has 132 valence electrons. The highest BCUT2D eigenvalue weighted by Gasteiger charge is 2.11. The monoisotopic (exact) mass is 352 g/mol. The van der Waals surface area contributed by atoms with Gasteiger partial charge in [-0.1, -0.05) is 6.07 Å². The summed E-state index contributed by atoms with van der Waals surface area (Å²) in [7, 11) is 1.71. The molecule has 0 saturated heterocycles. The zero-order chi connectivity index (χ0) is 18.1. The Labute approximate surface area is 147 Å². The maximum absolute atomic E-state index is 12.4. The molecule has 4 aromatic rings. The van der Waals surface area contributed by atoms with Crippen molar-refractivity contribution in [3.8, 4) is 0 Å². The second-order valence-corrected chi connectivity index (χ2v) is 5.83. The van der Waals surface area contributed by atoms with Crippen LogP contribution in [0.25, 0.3) is 16.7 Å². The number of nitrogens with one attached hydrogen (secondary N) is 1. The number of hydrogen-bond donors (Lipinski definition) is 1. The van der Waals surface area contributed by atoms with E-state index in [4.69, 9.17) is 0 Å². The van der Waals surface area contributed by atoms with Crippen molar-refractivity contribution in [2.45, 2.75) is 13.0 Å². The molecular formula is C16H16N8O2. The molecule has 1 amide bonds. The van der Waals surface area contributed by atoms with Crippen LogP contribution in [0.5, 0.6) is 0 Å². The Morgan fingerprint density at radius 1 is 1.27 bits per heavy atom. The first-order valence-electron chi connectivity index (χ1n) is 8.06.